The minimum Gasteiger partial charge on any atom is -0.490 e. The van der Waals surface area contributed by atoms with E-state index in [-0.39, 0.29) is 34.1 Å². The number of ketones is 1. The average Bonchev–Trinajstić information content (AvgIpc) is 2.32. The molecule has 0 atom stereocenters. The second kappa shape index (κ2) is 6.78. The van der Waals surface area contributed by atoms with Crippen LogP contribution in [0.2, 0.25) is 10.0 Å². The summed E-state index contributed by atoms with van der Waals surface area (Å²) in [6, 6.07) is 2.72. The highest BCUT2D eigenvalue weighted by atomic mass is 35.5. The Morgan fingerprint density at radius 2 is 1.79 bits per heavy atom. The first-order chi connectivity index (χ1) is 8.86. The normalized spacial score (nSPS) is 10.4. The molecule has 0 amide bonds. The Morgan fingerprint density at radius 1 is 1.21 bits per heavy atom. The van der Waals surface area contributed by atoms with Crippen LogP contribution >= 0.6 is 23.2 Å². The van der Waals surface area contributed by atoms with Crippen LogP contribution in [0.3, 0.4) is 0 Å². The van der Waals surface area contributed by atoms with Gasteiger partial charge in [-0.15, -0.1) is 0 Å². The van der Waals surface area contributed by atoms with E-state index in [2.05, 4.69) is 4.74 Å². The molecule has 19 heavy (non-hydrogen) atoms. The van der Waals surface area contributed by atoms with Crippen LogP contribution in [0.1, 0.15) is 31.1 Å². The lowest BCUT2D eigenvalue weighted by atomic mass is 10.1. The first-order valence-corrected chi connectivity index (χ1v) is 6.49. The Balaban J connectivity index is 3.20. The van der Waals surface area contributed by atoms with Gasteiger partial charge in [0.05, 0.1) is 28.3 Å². The zero-order chi connectivity index (χ0) is 14.6. The molecule has 0 unspecified atom stereocenters. The molecule has 104 valence electrons. The third kappa shape index (κ3) is 4.11. The van der Waals surface area contributed by atoms with Gasteiger partial charge in [-0.1, -0.05) is 23.2 Å². The molecule has 1 rings (SSSR count). The number of carbonyl (C=O) groups excluding carboxylic acids is 2. The summed E-state index contributed by atoms with van der Waals surface area (Å²) in [6.45, 7) is 5.32. The van der Waals surface area contributed by atoms with Crippen LogP contribution < -0.4 is 4.74 Å². The van der Waals surface area contributed by atoms with Crippen LogP contribution in [0, 0.1) is 0 Å². The highest BCUT2D eigenvalue weighted by Gasteiger charge is 2.23. The summed E-state index contributed by atoms with van der Waals surface area (Å²) in [5, 5.41) is 0.420. The predicted molar refractivity (Wildman–Crippen MR) is 73.2 cm³/mol. The molecule has 0 saturated heterocycles. The van der Waals surface area contributed by atoms with Crippen LogP contribution in [0.4, 0.5) is 0 Å². The van der Waals surface area contributed by atoms with E-state index in [1.165, 1.54) is 12.1 Å². The molecule has 0 bridgehead atoms. The maximum absolute atomic E-state index is 11.9. The van der Waals surface area contributed by atoms with Crippen LogP contribution in [0.15, 0.2) is 12.1 Å². The molecular weight excluding hydrogens is 291 g/mol. The molecule has 0 aromatic heterocycles. The van der Waals surface area contributed by atoms with Crippen molar-refractivity contribution >= 4 is 35.0 Å². The number of hydrogen-bond acceptors (Lipinski definition) is 4. The fourth-order valence-corrected chi connectivity index (χ4v) is 1.68. The standard InChI is InChI=1S/C13H14Cl2O4/c1-4-18-13(17)12(16)8-5-9(14)10(15)6-11(8)19-7(2)3/h5-7H,4H2,1-3H3. The molecule has 0 saturated carbocycles. The molecule has 0 aliphatic heterocycles. The molecule has 0 fully saturated rings. The summed E-state index contributed by atoms with van der Waals surface area (Å²) in [6.07, 6.45) is -0.175. The lowest BCUT2D eigenvalue weighted by Gasteiger charge is -2.14. The van der Waals surface area contributed by atoms with Gasteiger partial charge in [0, 0.05) is 6.07 Å². The van der Waals surface area contributed by atoms with Gasteiger partial charge in [0.2, 0.25) is 0 Å². The number of ether oxygens (including phenoxy) is 2. The van der Waals surface area contributed by atoms with Gasteiger partial charge in [0.1, 0.15) is 5.75 Å². The lowest BCUT2D eigenvalue weighted by Crippen LogP contribution is -2.19. The SMILES string of the molecule is CCOC(=O)C(=O)c1cc(Cl)c(Cl)cc1OC(C)C. The van der Waals surface area contributed by atoms with Crippen molar-refractivity contribution < 1.29 is 19.1 Å². The van der Waals surface area contributed by atoms with Gasteiger partial charge >= 0.3 is 5.97 Å². The Hall–Kier alpha value is -1.26. The Labute approximate surface area is 121 Å². The number of rotatable bonds is 5. The highest BCUT2D eigenvalue weighted by molar-refractivity contribution is 6.45. The Bertz CT molecular complexity index is 498. The molecule has 0 spiro atoms. The summed E-state index contributed by atoms with van der Waals surface area (Å²) in [7, 11) is 0. The van der Waals surface area contributed by atoms with Crippen LogP contribution in [0.25, 0.3) is 0 Å². The molecule has 0 N–H and O–H groups in total. The topological polar surface area (TPSA) is 52.6 Å². The second-order valence-electron chi connectivity index (χ2n) is 3.98. The van der Waals surface area contributed by atoms with E-state index in [4.69, 9.17) is 27.9 Å². The Morgan fingerprint density at radius 3 is 2.32 bits per heavy atom. The van der Waals surface area contributed by atoms with E-state index in [1.807, 2.05) is 0 Å². The fourth-order valence-electron chi connectivity index (χ4n) is 1.36. The largest absolute Gasteiger partial charge is 0.490 e. The van der Waals surface area contributed by atoms with Crippen molar-refractivity contribution in [1.29, 1.82) is 0 Å². The van der Waals surface area contributed by atoms with Crippen molar-refractivity contribution in [3.05, 3.63) is 27.7 Å². The fraction of sp³-hybridized carbons (Fsp3) is 0.385. The average molecular weight is 305 g/mol. The van der Waals surface area contributed by atoms with Gasteiger partial charge in [0.25, 0.3) is 5.78 Å². The zero-order valence-corrected chi connectivity index (χ0v) is 12.3. The van der Waals surface area contributed by atoms with Crippen molar-refractivity contribution in [2.24, 2.45) is 0 Å². The molecule has 0 aliphatic rings. The van der Waals surface area contributed by atoms with Crippen LogP contribution in [0.5, 0.6) is 5.75 Å². The summed E-state index contributed by atoms with van der Waals surface area (Å²) in [5.41, 5.74) is 0.0431. The molecule has 4 nitrogen and oxygen atoms in total. The first kappa shape index (κ1) is 15.8. The van der Waals surface area contributed by atoms with E-state index in [9.17, 15) is 9.59 Å². The molecule has 0 heterocycles. The molecule has 1 aromatic rings. The number of carbonyl (C=O) groups is 2. The maximum Gasteiger partial charge on any atom is 0.379 e. The molecule has 1 aromatic carbocycles. The Kier molecular flexibility index (Phi) is 5.63. The van der Waals surface area contributed by atoms with Crippen LogP contribution in [-0.2, 0) is 9.53 Å². The van der Waals surface area contributed by atoms with E-state index < -0.39 is 11.8 Å². The van der Waals surface area contributed by atoms with Crippen molar-refractivity contribution in [3.63, 3.8) is 0 Å². The third-order valence-electron chi connectivity index (χ3n) is 2.09. The third-order valence-corrected chi connectivity index (χ3v) is 2.81. The first-order valence-electron chi connectivity index (χ1n) is 5.74. The lowest BCUT2D eigenvalue weighted by molar-refractivity contribution is -0.137. The zero-order valence-electron chi connectivity index (χ0n) is 10.8. The summed E-state index contributed by atoms with van der Waals surface area (Å²) in [4.78, 5) is 23.4. The summed E-state index contributed by atoms with van der Waals surface area (Å²) >= 11 is 11.7. The van der Waals surface area contributed by atoms with Crippen molar-refractivity contribution in [2.75, 3.05) is 6.61 Å². The van der Waals surface area contributed by atoms with Gasteiger partial charge in [-0.05, 0) is 26.8 Å². The van der Waals surface area contributed by atoms with Gasteiger partial charge in [-0.3, -0.25) is 4.79 Å². The molecular formula is C13H14Cl2O4. The number of Topliss-reactive ketones (excluding diaryl/α,β-unsaturated/α-hetero) is 1. The quantitative estimate of drug-likeness (QED) is 0.474. The summed E-state index contributed by atoms with van der Waals surface area (Å²) < 4.78 is 10.1. The summed E-state index contributed by atoms with van der Waals surface area (Å²) in [5.74, 6) is -1.55. The van der Waals surface area contributed by atoms with Crippen molar-refractivity contribution in [1.82, 2.24) is 0 Å². The van der Waals surface area contributed by atoms with E-state index in [0.717, 1.165) is 0 Å². The monoisotopic (exact) mass is 304 g/mol. The second-order valence-corrected chi connectivity index (χ2v) is 4.79. The molecule has 0 aliphatic carbocycles. The van der Waals surface area contributed by atoms with Gasteiger partial charge in [-0.2, -0.15) is 0 Å². The number of halogens is 2. The van der Waals surface area contributed by atoms with Gasteiger partial charge < -0.3 is 9.47 Å². The maximum atomic E-state index is 11.9. The minimum atomic E-state index is -0.950. The number of hydrogen-bond donors (Lipinski definition) is 0. The van der Waals surface area contributed by atoms with Crippen LogP contribution in [-0.4, -0.2) is 24.5 Å². The van der Waals surface area contributed by atoms with E-state index in [0.29, 0.717) is 0 Å². The van der Waals surface area contributed by atoms with Gasteiger partial charge in [0.15, 0.2) is 0 Å². The minimum absolute atomic E-state index is 0.0431. The van der Waals surface area contributed by atoms with E-state index >= 15 is 0 Å². The van der Waals surface area contributed by atoms with Crippen molar-refractivity contribution in [2.45, 2.75) is 26.9 Å². The smallest absolute Gasteiger partial charge is 0.379 e. The van der Waals surface area contributed by atoms with E-state index in [1.54, 1.807) is 20.8 Å². The predicted octanol–water partition coefficient (Wildman–Crippen LogP) is 3.53. The number of esters is 1. The molecule has 6 heteroatoms. The molecule has 0 radical (unpaired) electrons. The highest BCUT2D eigenvalue weighted by Crippen LogP contribution is 2.31. The number of benzene rings is 1. The van der Waals surface area contributed by atoms with Crippen molar-refractivity contribution in [3.8, 4) is 5.75 Å². The van der Waals surface area contributed by atoms with Gasteiger partial charge in [-0.25, -0.2) is 4.79 Å².